The molecule has 0 saturated carbocycles. The van der Waals surface area contributed by atoms with Gasteiger partial charge in [-0.1, -0.05) is 36.4 Å². The van der Waals surface area contributed by atoms with Gasteiger partial charge in [-0.2, -0.15) is 0 Å². The van der Waals surface area contributed by atoms with Crippen LogP contribution < -0.4 is 5.32 Å². The monoisotopic (exact) mass is 255 g/mol. The molecule has 2 aromatic carbocycles. The van der Waals surface area contributed by atoms with E-state index >= 15 is 0 Å². The van der Waals surface area contributed by atoms with Gasteiger partial charge in [0.25, 0.3) is 0 Å². The summed E-state index contributed by atoms with van der Waals surface area (Å²) >= 11 is 0. The Kier molecular flexibility index (Phi) is 3.34. The molecule has 1 N–H and O–H groups in total. The van der Waals surface area contributed by atoms with Crippen LogP contribution >= 0.6 is 0 Å². The molecule has 0 bridgehead atoms. The van der Waals surface area contributed by atoms with Crippen LogP contribution in [0.25, 0.3) is 0 Å². The highest BCUT2D eigenvalue weighted by Crippen LogP contribution is 2.41. The third kappa shape index (κ3) is 2.41. The number of halogens is 1. The molecule has 0 fully saturated rings. The van der Waals surface area contributed by atoms with Gasteiger partial charge < -0.3 is 5.32 Å². The Morgan fingerprint density at radius 1 is 1.11 bits per heavy atom. The zero-order valence-corrected chi connectivity index (χ0v) is 11.1. The molecule has 0 radical (unpaired) electrons. The van der Waals surface area contributed by atoms with Gasteiger partial charge in [0.15, 0.2) is 0 Å². The summed E-state index contributed by atoms with van der Waals surface area (Å²) in [6.45, 7) is 0. The van der Waals surface area contributed by atoms with E-state index in [9.17, 15) is 4.39 Å². The summed E-state index contributed by atoms with van der Waals surface area (Å²) in [4.78, 5) is 0. The summed E-state index contributed by atoms with van der Waals surface area (Å²) in [5.74, 6) is 0.337. The molecule has 98 valence electrons. The maximum atomic E-state index is 13.3. The van der Waals surface area contributed by atoms with E-state index < -0.39 is 0 Å². The third-order valence-corrected chi connectivity index (χ3v) is 4.05. The molecule has 1 aliphatic carbocycles. The smallest absolute Gasteiger partial charge is 0.123 e. The SMILES string of the molecule is CN[C@@H]1C[C@@H](Cc2cccc(F)c2)c2ccccc21. The number of hydrogen-bond donors (Lipinski definition) is 1. The summed E-state index contributed by atoms with van der Waals surface area (Å²) in [5, 5.41) is 3.37. The molecule has 0 amide bonds. The minimum atomic E-state index is -0.144. The van der Waals surface area contributed by atoms with Crippen molar-refractivity contribution < 1.29 is 4.39 Å². The van der Waals surface area contributed by atoms with E-state index in [1.54, 1.807) is 12.1 Å². The summed E-state index contributed by atoms with van der Waals surface area (Å²) in [7, 11) is 2.01. The maximum absolute atomic E-state index is 13.3. The number of fused-ring (bicyclic) bond motifs is 1. The molecule has 0 aliphatic heterocycles. The highest BCUT2D eigenvalue weighted by molar-refractivity contribution is 5.39. The average Bonchev–Trinajstić information content (AvgIpc) is 2.77. The van der Waals surface area contributed by atoms with Crippen LogP contribution in [-0.2, 0) is 6.42 Å². The van der Waals surface area contributed by atoms with Crippen molar-refractivity contribution >= 4 is 0 Å². The highest BCUT2D eigenvalue weighted by Gasteiger charge is 2.29. The van der Waals surface area contributed by atoms with E-state index in [0.717, 1.165) is 18.4 Å². The van der Waals surface area contributed by atoms with Crippen molar-refractivity contribution in [2.24, 2.45) is 0 Å². The molecule has 3 rings (SSSR count). The van der Waals surface area contributed by atoms with E-state index in [-0.39, 0.29) is 5.82 Å². The number of benzene rings is 2. The predicted octanol–water partition coefficient (Wildman–Crippen LogP) is 3.82. The zero-order chi connectivity index (χ0) is 13.2. The van der Waals surface area contributed by atoms with Gasteiger partial charge in [0, 0.05) is 6.04 Å². The first-order valence-corrected chi connectivity index (χ1v) is 6.78. The quantitative estimate of drug-likeness (QED) is 0.879. The molecular weight excluding hydrogens is 237 g/mol. The van der Waals surface area contributed by atoms with Gasteiger partial charge in [-0.25, -0.2) is 4.39 Å². The van der Waals surface area contributed by atoms with E-state index in [1.165, 1.54) is 17.2 Å². The number of rotatable bonds is 3. The molecule has 2 heteroatoms. The van der Waals surface area contributed by atoms with Gasteiger partial charge in [-0.3, -0.25) is 0 Å². The van der Waals surface area contributed by atoms with Crippen LogP contribution in [0.4, 0.5) is 4.39 Å². The van der Waals surface area contributed by atoms with Crippen LogP contribution in [0.5, 0.6) is 0 Å². The molecular formula is C17H18FN. The Morgan fingerprint density at radius 3 is 2.63 bits per heavy atom. The summed E-state index contributed by atoms with van der Waals surface area (Å²) in [5.41, 5.74) is 3.88. The van der Waals surface area contributed by atoms with Crippen molar-refractivity contribution in [3.8, 4) is 0 Å². The van der Waals surface area contributed by atoms with E-state index in [0.29, 0.717) is 12.0 Å². The van der Waals surface area contributed by atoms with Crippen molar-refractivity contribution in [3.63, 3.8) is 0 Å². The molecule has 0 saturated heterocycles. The summed E-state index contributed by atoms with van der Waals surface area (Å²) in [6, 6.07) is 16.0. The lowest BCUT2D eigenvalue weighted by atomic mass is 9.93. The largest absolute Gasteiger partial charge is 0.313 e. The lowest BCUT2D eigenvalue weighted by molar-refractivity contribution is 0.531. The Bertz CT molecular complexity index is 579. The fourth-order valence-corrected chi connectivity index (χ4v) is 3.15. The minimum absolute atomic E-state index is 0.144. The Morgan fingerprint density at radius 2 is 1.89 bits per heavy atom. The first-order chi connectivity index (χ1) is 9.28. The van der Waals surface area contributed by atoms with Crippen LogP contribution in [0, 0.1) is 5.82 Å². The molecule has 0 heterocycles. The van der Waals surface area contributed by atoms with E-state index in [1.807, 2.05) is 13.1 Å². The predicted molar refractivity (Wildman–Crippen MR) is 75.7 cm³/mol. The second kappa shape index (κ2) is 5.14. The number of nitrogens with one attached hydrogen (secondary N) is 1. The minimum Gasteiger partial charge on any atom is -0.313 e. The molecule has 0 spiro atoms. The molecule has 1 nitrogen and oxygen atoms in total. The Balaban J connectivity index is 1.87. The van der Waals surface area contributed by atoms with Gasteiger partial charge >= 0.3 is 0 Å². The Hall–Kier alpha value is -1.67. The summed E-state index contributed by atoms with van der Waals surface area (Å²) < 4.78 is 13.3. The maximum Gasteiger partial charge on any atom is 0.123 e. The van der Waals surface area contributed by atoms with Crippen LogP contribution in [0.1, 0.15) is 35.1 Å². The lowest BCUT2D eigenvalue weighted by Gasteiger charge is -2.12. The molecule has 2 atom stereocenters. The second-order valence-electron chi connectivity index (χ2n) is 5.24. The molecule has 19 heavy (non-hydrogen) atoms. The van der Waals surface area contributed by atoms with E-state index in [2.05, 4.69) is 29.6 Å². The fourth-order valence-electron chi connectivity index (χ4n) is 3.15. The number of hydrogen-bond acceptors (Lipinski definition) is 1. The van der Waals surface area contributed by atoms with Crippen LogP contribution in [0.15, 0.2) is 48.5 Å². The Labute approximate surface area is 113 Å². The first-order valence-electron chi connectivity index (χ1n) is 6.78. The first kappa shape index (κ1) is 12.4. The van der Waals surface area contributed by atoms with Crippen LogP contribution in [0.3, 0.4) is 0 Å². The van der Waals surface area contributed by atoms with E-state index in [4.69, 9.17) is 0 Å². The van der Waals surface area contributed by atoms with Crippen molar-refractivity contribution in [3.05, 3.63) is 71.0 Å². The van der Waals surface area contributed by atoms with Crippen molar-refractivity contribution in [1.82, 2.24) is 5.32 Å². The van der Waals surface area contributed by atoms with Crippen molar-refractivity contribution in [2.75, 3.05) is 7.05 Å². The zero-order valence-electron chi connectivity index (χ0n) is 11.1. The lowest BCUT2D eigenvalue weighted by Crippen LogP contribution is -2.13. The second-order valence-corrected chi connectivity index (χ2v) is 5.24. The van der Waals surface area contributed by atoms with Gasteiger partial charge in [-0.05, 0) is 54.6 Å². The third-order valence-electron chi connectivity index (χ3n) is 4.05. The van der Waals surface area contributed by atoms with Crippen LogP contribution in [-0.4, -0.2) is 7.05 Å². The molecule has 2 aromatic rings. The summed E-state index contributed by atoms with van der Waals surface area (Å²) in [6.07, 6.45) is 2.00. The molecule has 1 aliphatic rings. The fraction of sp³-hybridized carbons (Fsp3) is 0.294. The van der Waals surface area contributed by atoms with Crippen molar-refractivity contribution in [2.45, 2.75) is 24.8 Å². The van der Waals surface area contributed by atoms with Gasteiger partial charge in [0.05, 0.1) is 0 Å². The molecule has 0 aromatic heterocycles. The van der Waals surface area contributed by atoms with Gasteiger partial charge in [-0.15, -0.1) is 0 Å². The standard InChI is InChI=1S/C17H18FN/c1-19-17-11-13(15-7-2-3-8-16(15)17)9-12-5-4-6-14(18)10-12/h2-8,10,13,17,19H,9,11H2,1H3/t13-,17-/m1/s1. The van der Waals surface area contributed by atoms with Crippen LogP contribution in [0.2, 0.25) is 0 Å². The average molecular weight is 255 g/mol. The van der Waals surface area contributed by atoms with Gasteiger partial charge in [0.2, 0.25) is 0 Å². The molecule has 0 unspecified atom stereocenters. The normalized spacial score (nSPS) is 21.4. The van der Waals surface area contributed by atoms with Gasteiger partial charge in [0.1, 0.15) is 5.82 Å². The topological polar surface area (TPSA) is 12.0 Å². The highest BCUT2D eigenvalue weighted by atomic mass is 19.1. The van der Waals surface area contributed by atoms with Crippen molar-refractivity contribution in [1.29, 1.82) is 0 Å².